The Bertz CT molecular complexity index is 123. The zero-order valence-corrected chi connectivity index (χ0v) is 8.52. The van der Waals surface area contributed by atoms with Crippen molar-refractivity contribution < 1.29 is 0 Å². The first-order chi connectivity index (χ1) is 5.86. The van der Waals surface area contributed by atoms with Crippen LogP contribution in [-0.4, -0.2) is 5.88 Å². The molecule has 0 bridgehead atoms. The van der Waals surface area contributed by atoms with E-state index in [0.29, 0.717) is 0 Å². The van der Waals surface area contributed by atoms with Crippen LogP contribution >= 0.6 is 11.6 Å². The molecule has 1 heteroatoms. The predicted molar refractivity (Wildman–Crippen MR) is 55.6 cm³/mol. The Morgan fingerprint density at radius 2 is 1.75 bits per heavy atom. The SMILES string of the molecule is C=CC[C@H]1CC[C@H](CCCl)CC1. The molecular weight excluding hydrogens is 168 g/mol. The quantitative estimate of drug-likeness (QED) is 0.460. The van der Waals surface area contributed by atoms with Gasteiger partial charge in [0.2, 0.25) is 0 Å². The minimum atomic E-state index is 0.844. The van der Waals surface area contributed by atoms with Crippen LogP contribution in [0.25, 0.3) is 0 Å². The minimum absolute atomic E-state index is 0.844. The highest BCUT2D eigenvalue weighted by Crippen LogP contribution is 2.32. The van der Waals surface area contributed by atoms with E-state index in [4.69, 9.17) is 11.6 Å². The van der Waals surface area contributed by atoms with Crippen molar-refractivity contribution >= 4 is 11.6 Å². The molecule has 0 atom stereocenters. The molecule has 0 heterocycles. The lowest BCUT2D eigenvalue weighted by molar-refractivity contribution is 0.272. The molecule has 1 saturated carbocycles. The molecule has 0 unspecified atom stereocenters. The van der Waals surface area contributed by atoms with Gasteiger partial charge in [0, 0.05) is 5.88 Å². The number of hydrogen-bond donors (Lipinski definition) is 0. The Kier molecular flexibility index (Phi) is 4.75. The third-order valence-corrected chi connectivity index (χ3v) is 3.20. The Labute approximate surface area is 81.0 Å². The van der Waals surface area contributed by atoms with E-state index in [1.807, 2.05) is 0 Å². The van der Waals surface area contributed by atoms with E-state index >= 15 is 0 Å². The lowest BCUT2D eigenvalue weighted by Gasteiger charge is -2.27. The van der Waals surface area contributed by atoms with Crippen molar-refractivity contribution in [3.05, 3.63) is 12.7 Å². The van der Waals surface area contributed by atoms with Gasteiger partial charge in [-0.2, -0.15) is 0 Å². The summed E-state index contributed by atoms with van der Waals surface area (Å²) >= 11 is 5.72. The lowest BCUT2D eigenvalue weighted by atomic mass is 9.79. The predicted octanol–water partition coefficient (Wildman–Crippen LogP) is 4.00. The van der Waals surface area contributed by atoms with Gasteiger partial charge in [-0.3, -0.25) is 0 Å². The van der Waals surface area contributed by atoms with Crippen molar-refractivity contribution in [3.8, 4) is 0 Å². The molecule has 1 rings (SSSR count). The van der Waals surface area contributed by atoms with Crippen LogP contribution in [0.15, 0.2) is 12.7 Å². The van der Waals surface area contributed by atoms with Crippen molar-refractivity contribution in [2.24, 2.45) is 11.8 Å². The molecule has 1 aliphatic carbocycles. The van der Waals surface area contributed by atoms with Crippen molar-refractivity contribution in [1.29, 1.82) is 0 Å². The van der Waals surface area contributed by atoms with E-state index in [1.165, 1.54) is 38.5 Å². The third kappa shape index (κ3) is 3.18. The summed E-state index contributed by atoms with van der Waals surface area (Å²) in [6, 6.07) is 0. The minimum Gasteiger partial charge on any atom is -0.127 e. The molecule has 1 fully saturated rings. The summed E-state index contributed by atoms with van der Waals surface area (Å²) in [5, 5.41) is 0. The van der Waals surface area contributed by atoms with E-state index in [-0.39, 0.29) is 0 Å². The summed E-state index contributed by atoms with van der Waals surface area (Å²) < 4.78 is 0. The summed E-state index contributed by atoms with van der Waals surface area (Å²) in [7, 11) is 0. The third-order valence-electron chi connectivity index (χ3n) is 2.98. The normalized spacial score (nSPS) is 30.1. The second-order valence-electron chi connectivity index (χ2n) is 3.89. The summed E-state index contributed by atoms with van der Waals surface area (Å²) in [5.41, 5.74) is 0. The molecule has 0 radical (unpaired) electrons. The van der Waals surface area contributed by atoms with Crippen molar-refractivity contribution in [2.45, 2.75) is 38.5 Å². The number of alkyl halides is 1. The summed E-state index contributed by atoms with van der Waals surface area (Å²) in [6.45, 7) is 3.79. The molecule has 0 nitrogen and oxygen atoms in total. The zero-order chi connectivity index (χ0) is 8.81. The first-order valence-electron chi connectivity index (χ1n) is 5.03. The van der Waals surface area contributed by atoms with Crippen LogP contribution in [0.4, 0.5) is 0 Å². The molecule has 12 heavy (non-hydrogen) atoms. The van der Waals surface area contributed by atoms with Gasteiger partial charge in [0.1, 0.15) is 0 Å². The van der Waals surface area contributed by atoms with Crippen LogP contribution in [0, 0.1) is 11.8 Å². The van der Waals surface area contributed by atoms with Gasteiger partial charge in [-0.05, 0) is 37.5 Å². The van der Waals surface area contributed by atoms with Crippen molar-refractivity contribution in [2.75, 3.05) is 5.88 Å². The fourth-order valence-electron chi connectivity index (χ4n) is 2.15. The Balaban J connectivity index is 2.15. The molecular formula is C11H19Cl. The molecule has 0 amide bonds. The van der Waals surface area contributed by atoms with Gasteiger partial charge in [-0.15, -0.1) is 18.2 Å². The van der Waals surface area contributed by atoms with E-state index in [2.05, 4.69) is 12.7 Å². The molecule has 0 aromatic heterocycles. The van der Waals surface area contributed by atoms with E-state index in [9.17, 15) is 0 Å². The van der Waals surface area contributed by atoms with E-state index in [0.717, 1.165) is 17.7 Å². The molecule has 0 aromatic carbocycles. The van der Waals surface area contributed by atoms with Gasteiger partial charge >= 0.3 is 0 Å². The monoisotopic (exact) mass is 186 g/mol. The van der Waals surface area contributed by atoms with Gasteiger partial charge in [0.15, 0.2) is 0 Å². The summed E-state index contributed by atoms with van der Waals surface area (Å²) in [5.74, 6) is 2.69. The fraction of sp³-hybridized carbons (Fsp3) is 0.818. The Morgan fingerprint density at radius 3 is 2.25 bits per heavy atom. The topological polar surface area (TPSA) is 0 Å². The average molecular weight is 187 g/mol. The molecule has 0 spiro atoms. The van der Waals surface area contributed by atoms with E-state index < -0.39 is 0 Å². The van der Waals surface area contributed by atoms with Crippen LogP contribution in [0.1, 0.15) is 38.5 Å². The van der Waals surface area contributed by atoms with Crippen LogP contribution in [-0.2, 0) is 0 Å². The van der Waals surface area contributed by atoms with Crippen LogP contribution < -0.4 is 0 Å². The van der Waals surface area contributed by atoms with Gasteiger partial charge < -0.3 is 0 Å². The maximum absolute atomic E-state index is 5.72. The molecule has 0 aliphatic heterocycles. The van der Waals surface area contributed by atoms with Gasteiger partial charge in [-0.25, -0.2) is 0 Å². The van der Waals surface area contributed by atoms with Crippen molar-refractivity contribution in [1.82, 2.24) is 0 Å². The maximum atomic E-state index is 5.72. The average Bonchev–Trinajstić information content (AvgIpc) is 2.09. The van der Waals surface area contributed by atoms with Gasteiger partial charge in [-0.1, -0.05) is 18.9 Å². The van der Waals surface area contributed by atoms with Gasteiger partial charge in [0.05, 0.1) is 0 Å². The van der Waals surface area contributed by atoms with Crippen LogP contribution in [0.2, 0.25) is 0 Å². The largest absolute Gasteiger partial charge is 0.127 e. The first kappa shape index (κ1) is 10.1. The van der Waals surface area contributed by atoms with Crippen molar-refractivity contribution in [3.63, 3.8) is 0 Å². The second-order valence-corrected chi connectivity index (χ2v) is 4.27. The highest BCUT2D eigenvalue weighted by atomic mass is 35.5. The Morgan fingerprint density at radius 1 is 1.17 bits per heavy atom. The molecule has 1 aliphatic rings. The first-order valence-corrected chi connectivity index (χ1v) is 5.57. The fourth-order valence-corrected chi connectivity index (χ4v) is 2.45. The van der Waals surface area contributed by atoms with Crippen LogP contribution in [0.3, 0.4) is 0 Å². The lowest BCUT2D eigenvalue weighted by Crippen LogP contribution is -2.14. The number of halogens is 1. The molecule has 0 N–H and O–H groups in total. The molecule has 70 valence electrons. The summed E-state index contributed by atoms with van der Waals surface area (Å²) in [6.07, 6.45) is 10.1. The van der Waals surface area contributed by atoms with Gasteiger partial charge in [0.25, 0.3) is 0 Å². The Hall–Kier alpha value is 0.0300. The summed E-state index contributed by atoms with van der Waals surface area (Å²) in [4.78, 5) is 0. The highest BCUT2D eigenvalue weighted by Gasteiger charge is 2.19. The number of hydrogen-bond acceptors (Lipinski definition) is 0. The maximum Gasteiger partial charge on any atom is 0.0226 e. The molecule has 0 saturated heterocycles. The molecule has 0 aromatic rings. The standard InChI is InChI=1S/C11H19Cl/c1-2-3-10-4-6-11(7-5-10)8-9-12/h2,10-11H,1,3-9H2/t10-,11-. The highest BCUT2D eigenvalue weighted by molar-refractivity contribution is 6.17. The second kappa shape index (κ2) is 5.64. The van der Waals surface area contributed by atoms with Crippen LogP contribution in [0.5, 0.6) is 0 Å². The smallest absolute Gasteiger partial charge is 0.0226 e. The van der Waals surface area contributed by atoms with E-state index in [1.54, 1.807) is 0 Å². The number of rotatable bonds is 4. The zero-order valence-electron chi connectivity index (χ0n) is 7.77. The number of allylic oxidation sites excluding steroid dienone is 1.